The van der Waals surface area contributed by atoms with Crippen molar-refractivity contribution in [3.63, 3.8) is 0 Å². The molecule has 0 aliphatic rings. The fraction of sp³-hybridized carbons (Fsp3) is 0.400. The Kier molecular flexibility index (Phi) is 6.42. The van der Waals surface area contributed by atoms with Gasteiger partial charge in [0.1, 0.15) is 0 Å². The molecule has 0 spiro atoms. The highest BCUT2D eigenvalue weighted by Gasteiger charge is 2.03. The van der Waals surface area contributed by atoms with Crippen molar-refractivity contribution in [3.8, 4) is 12.3 Å². The molecule has 1 aromatic carbocycles. The molecule has 0 radical (unpaired) electrons. The lowest BCUT2D eigenvalue weighted by Gasteiger charge is -2.08. The maximum absolute atomic E-state index is 11.6. The van der Waals surface area contributed by atoms with Crippen LogP contribution in [0.4, 0.5) is 10.5 Å². The molecule has 96 valence electrons. The van der Waals surface area contributed by atoms with Crippen LogP contribution in [0.25, 0.3) is 0 Å². The number of hydrogen-bond acceptors (Lipinski definition) is 1. The molecule has 0 atom stereocenters. The van der Waals surface area contributed by atoms with Crippen molar-refractivity contribution >= 4 is 11.7 Å². The Bertz CT molecular complexity index is 421. The van der Waals surface area contributed by atoms with E-state index in [0.717, 1.165) is 12.8 Å². The van der Waals surface area contributed by atoms with E-state index < -0.39 is 0 Å². The molecule has 3 nitrogen and oxygen atoms in total. The molecule has 0 aliphatic heterocycles. The van der Waals surface area contributed by atoms with E-state index in [9.17, 15) is 4.79 Å². The predicted octanol–water partition coefficient (Wildman–Crippen LogP) is 3.37. The van der Waals surface area contributed by atoms with Gasteiger partial charge in [0.2, 0.25) is 0 Å². The molecule has 18 heavy (non-hydrogen) atoms. The van der Waals surface area contributed by atoms with E-state index in [1.165, 1.54) is 12.8 Å². The average Bonchev–Trinajstić information content (AvgIpc) is 2.39. The second-order valence-electron chi connectivity index (χ2n) is 4.13. The number of nitrogens with one attached hydrogen (secondary N) is 2. The molecule has 3 heteroatoms. The van der Waals surface area contributed by atoms with E-state index in [1.807, 2.05) is 12.1 Å². The van der Waals surface area contributed by atoms with Crippen molar-refractivity contribution in [2.75, 3.05) is 11.9 Å². The number of unbranched alkanes of at least 4 members (excludes halogenated alkanes) is 3. The number of terminal acetylenes is 1. The fourth-order valence-electron chi connectivity index (χ4n) is 1.64. The number of hydrogen-bond donors (Lipinski definition) is 2. The average molecular weight is 244 g/mol. The van der Waals surface area contributed by atoms with Crippen LogP contribution in [0.1, 0.15) is 38.2 Å². The molecular formula is C15H20N2O. The quantitative estimate of drug-likeness (QED) is 0.584. The summed E-state index contributed by atoms with van der Waals surface area (Å²) in [5.41, 5.74) is 1.37. The minimum atomic E-state index is -0.200. The van der Waals surface area contributed by atoms with Crippen LogP contribution in [-0.4, -0.2) is 12.6 Å². The van der Waals surface area contributed by atoms with Gasteiger partial charge in [0.05, 0.1) is 5.69 Å². The van der Waals surface area contributed by atoms with Crippen LogP contribution in [-0.2, 0) is 0 Å². The first-order chi connectivity index (χ1) is 8.77. The third-order valence-electron chi connectivity index (χ3n) is 2.65. The Hall–Kier alpha value is -1.95. The smallest absolute Gasteiger partial charge is 0.319 e. The summed E-state index contributed by atoms with van der Waals surface area (Å²) >= 11 is 0. The lowest BCUT2D eigenvalue weighted by Crippen LogP contribution is -2.29. The van der Waals surface area contributed by atoms with Crippen LogP contribution >= 0.6 is 0 Å². The van der Waals surface area contributed by atoms with Gasteiger partial charge in [-0.2, -0.15) is 0 Å². The summed E-state index contributed by atoms with van der Waals surface area (Å²) in [6, 6.07) is 7.10. The van der Waals surface area contributed by atoms with Gasteiger partial charge in [-0.05, 0) is 18.6 Å². The molecule has 0 bridgehead atoms. The SMILES string of the molecule is C#Cc1ccccc1NC(=O)NCCCCCC. The number of carbonyl (C=O) groups is 1. The minimum Gasteiger partial charge on any atom is -0.338 e. The fourth-order valence-corrected chi connectivity index (χ4v) is 1.64. The highest BCUT2D eigenvalue weighted by atomic mass is 16.2. The molecule has 1 rings (SSSR count). The normalized spacial score (nSPS) is 9.56. The van der Waals surface area contributed by atoms with Crippen LogP contribution in [0.3, 0.4) is 0 Å². The van der Waals surface area contributed by atoms with Crippen LogP contribution in [0.5, 0.6) is 0 Å². The van der Waals surface area contributed by atoms with Gasteiger partial charge in [-0.1, -0.05) is 44.2 Å². The molecule has 0 saturated carbocycles. The zero-order valence-electron chi connectivity index (χ0n) is 10.8. The Morgan fingerprint density at radius 1 is 1.28 bits per heavy atom. The van der Waals surface area contributed by atoms with E-state index in [1.54, 1.807) is 12.1 Å². The summed E-state index contributed by atoms with van der Waals surface area (Å²) in [4.78, 5) is 11.6. The Balaban J connectivity index is 2.34. The summed E-state index contributed by atoms with van der Waals surface area (Å²) in [6.45, 7) is 2.86. The van der Waals surface area contributed by atoms with Crippen molar-refractivity contribution < 1.29 is 4.79 Å². The van der Waals surface area contributed by atoms with Crippen LogP contribution in [0, 0.1) is 12.3 Å². The van der Waals surface area contributed by atoms with E-state index in [4.69, 9.17) is 6.42 Å². The van der Waals surface area contributed by atoms with E-state index in [2.05, 4.69) is 23.5 Å². The second-order valence-corrected chi connectivity index (χ2v) is 4.13. The maximum Gasteiger partial charge on any atom is 0.319 e. The van der Waals surface area contributed by atoms with Gasteiger partial charge < -0.3 is 10.6 Å². The number of rotatable bonds is 6. The second kappa shape index (κ2) is 8.19. The monoisotopic (exact) mass is 244 g/mol. The van der Waals surface area contributed by atoms with E-state index in [0.29, 0.717) is 17.8 Å². The Morgan fingerprint density at radius 2 is 2.06 bits per heavy atom. The van der Waals surface area contributed by atoms with Crippen molar-refractivity contribution in [3.05, 3.63) is 29.8 Å². The number of benzene rings is 1. The van der Waals surface area contributed by atoms with Crippen molar-refractivity contribution in [2.45, 2.75) is 32.6 Å². The first-order valence-corrected chi connectivity index (χ1v) is 6.38. The first-order valence-electron chi connectivity index (χ1n) is 6.38. The van der Waals surface area contributed by atoms with Gasteiger partial charge >= 0.3 is 6.03 Å². The zero-order chi connectivity index (χ0) is 13.2. The van der Waals surface area contributed by atoms with Crippen LogP contribution < -0.4 is 10.6 Å². The molecule has 1 aromatic rings. The zero-order valence-corrected chi connectivity index (χ0v) is 10.8. The summed E-state index contributed by atoms with van der Waals surface area (Å²) < 4.78 is 0. The number of para-hydroxylation sites is 1. The number of amides is 2. The van der Waals surface area contributed by atoms with E-state index >= 15 is 0 Å². The number of anilines is 1. The van der Waals surface area contributed by atoms with Gasteiger partial charge in [-0.3, -0.25) is 0 Å². The summed E-state index contributed by atoms with van der Waals surface area (Å²) in [5, 5.41) is 5.58. The summed E-state index contributed by atoms with van der Waals surface area (Å²) in [5.74, 6) is 2.54. The summed E-state index contributed by atoms with van der Waals surface area (Å²) in [6.07, 6.45) is 9.93. The lowest BCUT2D eigenvalue weighted by molar-refractivity contribution is 0.252. The number of urea groups is 1. The highest BCUT2D eigenvalue weighted by molar-refractivity contribution is 5.90. The molecule has 0 aromatic heterocycles. The molecule has 0 heterocycles. The molecule has 0 saturated heterocycles. The van der Waals surface area contributed by atoms with Gasteiger partial charge in [0.25, 0.3) is 0 Å². The maximum atomic E-state index is 11.6. The topological polar surface area (TPSA) is 41.1 Å². The first kappa shape index (κ1) is 14.1. The van der Waals surface area contributed by atoms with Crippen molar-refractivity contribution in [1.29, 1.82) is 0 Å². The van der Waals surface area contributed by atoms with Crippen molar-refractivity contribution in [1.82, 2.24) is 5.32 Å². The highest BCUT2D eigenvalue weighted by Crippen LogP contribution is 2.12. The largest absolute Gasteiger partial charge is 0.338 e. The van der Waals surface area contributed by atoms with Crippen LogP contribution in [0.2, 0.25) is 0 Å². The van der Waals surface area contributed by atoms with E-state index in [-0.39, 0.29) is 6.03 Å². The van der Waals surface area contributed by atoms with Gasteiger partial charge in [-0.25, -0.2) is 4.79 Å². The summed E-state index contributed by atoms with van der Waals surface area (Å²) in [7, 11) is 0. The predicted molar refractivity (Wildman–Crippen MR) is 75.5 cm³/mol. The molecular weight excluding hydrogens is 224 g/mol. The molecule has 0 aliphatic carbocycles. The third-order valence-corrected chi connectivity index (χ3v) is 2.65. The van der Waals surface area contributed by atoms with Gasteiger partial charge in [0.15, 0.2) is 0 Å². The lowest BCUT2D eigenvalue weighted by atomic mass is 10.2. The molecule has 0 fully saturated rings. The third kappa shape index (κ3) is 4.92. The van der Waals surface area contributed by atoms with Crippen molar-refractivity contribution in [2.24, 2.45) is 0 Å². The Morgan fingerprint density at radius 3 is 2.78 bits per heavy atom. The number of carbonyl (C=O) groups excluding carboxylic acids is 1. The molecule has 2 amide bonds. The molecule has 2 N–H and O–H groups in total. The molecule has 0 unspecified atom stereocenters. The van der Waals surface area contributed by atoms with Gasteiger partial charge in [-0.15, -0.1) is 6.42 Å². The van der Waals surface area contributed by atoms with Gasteiger partial charge in [0, 0.05) is 12.1 Å². The Labute approximate surface area is 109 Å². The van der Waals surface area contributed by atoms with Crippen LogP contribution in [0.15, 0.2) is 24.3 Å². The standard InChI is InChI=1S/C15H20N2O/c1-3-5-6-9-12-16-15(18)17-14-11-8-7-10-13(14)4-2/h2,7-8,10-11H,3,5-6,9,12H2,1H3,(H2,16,17,18). The minimum absolute atomic E-state index is 0.200.